The lowest BCUT2D eigenvalue weighted by Gasteiger charge is -2.06. The van der Waals surface area contributed by atoms with Crippen molar-refractivity contribution in [2.75, 3.05) is 5.32 Å². The molecule has 0 aliphatic rings. The van der Waals surface area contributed by atoms with Gasteiger partial charge in [0.1, 0.15) is 0 Å². The molecule has 6 nitrogen and oxygen atoms in total. The standard InChI is InChI=1S/C16H14N6/c1-22-11-14(10-20-22)15-6-7-18-16(21-15)19-9-13-4-2-12(8-17)3-5-13/h2-7,10-11H,9H2,1H3,(H,18,19,21). The first-order valence-corrected chi connectivity index (χ1v) is 6.79. The zero-order valence-corrected chi connectivity index (χ0v) is 12.1. The molecule has 3 rings (SSSR count). The molecule has 0 atom stereocenters. The first-order chi connectivity index (χ1) is 10.7. The first-order valence-electron chi connectivity index (χ1n) is 6.79. The largest absolute Gasteiger partial charge is 0.350 e. The van der Waals surface area contributed by atoms with Crippen molar-refractivity contribution in [3.63, 3.8) is 0 Å². The van der Waals surface area contributed by atoms with Crippen molar-refractivity contribution < 1.29 is 0 Å². The molecule has 3 aromatic rings. The van der Waals surface area contributed by atoms with E-state index in [2.05, 4.69) is 26.5 Å². The fourth-order valence-electron chi connectivity index (χ4n) is 2.04. The van der Waals surface area contributed by atoms with Gasteiger partial charge in [0.25, 0.3) is 0 Å². The Morgan fingerprint density at radius 3 is 2.73 bits per heavy atom. The van der Waals surface area contributed by atoms with E-state index in [0.717, 1.165) is 16.8 Å². The maximum atomic E-state index is 8.78. The minimum absolute atomic E-state index is 0.561. The number of hydrogen-bond donors (Lipinski definition) is 1. The number of nitrogens with zero attached hydrogens (tertiary/aromatic N) is 5. The van der Waals surface area contributed by atoms with Crippen LogP contribution in [-0.2, 0) is 13.6 Å². The molecule has 0 fully saturated rings. The molecule has 0 amide bonds. The Kier molecular flexibility index (Phi) is 3.79. The monoisotopic (exact) mass is 290 g/mol. The minimum atomic E-state index is 0.561. The van der Waals surface area contributed by atoms with Gasteiger partial charge in [-0.15, -0.1) is 0 Å². The van der Waals surface area contributed by atoms with Crippen molar-refractivity contribution in [3.8, 4) is 17.3 Å². The summed E-state index contributed by atoms with van der Waals surface area (Å²) in [5.74, 6) is 0.561. The molecule has 0 unspecified atom stereocenters. The molecule has 1 N–H and O–H groups in total. The second-order valence-corrected chi connectivity index (χ2v) is 4.83. The van der Waals surface area contributed by atoms with Gasteiger partial charge in [-0.1, -0.05) is 12.1 Å². The van der Waals surface area contributed by atoms with Gasteiger partial charge in [-0.2, -0.15) is 10.4 Å². The van der Waals surface area contributed by atoms with Crippen molar-refractivity contribution in [1.29, 1.82) is 5.26 Å². The van der Waals surface area contributed by atoms with Crippen molar-refractivity contribution in [3.05, 3.63) is 60.0 Å². The van der Waals surface area contributed by atoms with Gasteiger partial charge in [0.2, 0.25) is 5.95 Å². The van der Waals surface area contributed by atoms with Crippen molar-refractivity contribution >= 4 is 5.95 Å². The Bertz CT molecular complexity index is 813. The SMILES string of the molecule is Cn1cc(-c2ccnc(NCc3ccc(C#N)cc3)n2)cn1. The van der Waals surface area contributed by atoms with E-state index in [-0.39, 0.29) is 0 Å². The predicted molar refractivity (Wildman–Crippen MR) is 82.7 cm³/mol. The maximum Gasteiger partial charge on any atom is 0.223 e. The van der Waals surface area contributed by atoms with Crippen LogP contribution < -0.4 is 5.32 Å². The highest BCUT2D eigenvalue weighted by Gasteiger charge is 2.04. The number of aryl methyl sites for hydroxylation is 1. The summed E-state index contributed by atoms with van der Waals surface area (Å²) in [6.07, 6.45) is 5.40. The van der Waals surface area contributed by atoms with Gasteiger partial charge in [0.15, 0.2) is 0 Å². The molecule has 0 saturated heterocycles. The zero-order chi connectivity index (χ0) is 15.4. The predicted octanol–water partition coefficient (Wildman–Crippen LogP) is 2.36. The van der Waals surface area contributed by atoms with Gasteiger partial charge in [-0.3, -0.25) is 4.68 Å². The lowest BCUT2D eigenvalue weighted by atomic mass is 10.1. The van der Waals surface area contributed by atoms with Crippen LogP contribution in [0.4, 0.5) is 5.95 Å². The molecule has 1 aromatic carbocycles. The van der Waals surface area contributed by atoms with Gasteiger partial charge in [-0.25, -0.2) is 9.97 Å². The zero-order valence-electron chi connectivity index (χ0n) is 12.1. The molecule has 22 heavy (non-hydrogen) atoms. The number of rotatable bonds is 4. The van der Waals surface area contributed by atoms with E-state index in [1.165, 1.54) is 0 Å². The molecule has 0 saturated carbocycles. The smallest absolute Gasteiger partial charge is 0.223 e. The van der Waals surface area contributed by atoms with Crippen molar-refractivity contribution in [2.45, 2.75) is 6.54 Å². The van der Waals surface area contributed by atoms with Gasteiger partial charge in [0, 0.05) is 31.5 Å². The normalized spacial score (nSPS) is 10.2. The number of nitrogens with one attached hydrogen (secondary N) is 1. The van der Waals surface area contributed by atoms with Gasteiger partial charge >= 0.3 is 0 Å². The van der Waals surface area contributed by atoms with E-state index in [1.54, 1.807) is 29.2 Å². The van der Waals surface area contributed by atoms with E-state index in [4.69, 9.17) is 5.26 Å². The van der Waals surface area contributed by atoms with Gasteiger partial charge in [-0.05, 0) is 23.8 Å². The van der Waals surface area contributed by atoms with E-state index in [9.17, 15) is 0 Å². The van der Waals surface area contributed by atoms with Crippen LogP contribution in [0.25, 0.3) is 11.3 Å². The molecular formula is C16H14N6. The Morgan fingerprint density at radius 1 is 1.23 bits per heavy atom. The Labute approximate surface area is 128 Å². The minimum Gasteiger partial charge on any atom is -0.350 e. The van der Waals surface area contributed by atoms with Crippen LogP contribution in [-0.4, -0.2) is 19.7 Å². The first kappa shape index (κ1) is 13.8. The molecule has 108 valence electrons. The number of benzene rings is 1. The highest BCUT2D eigenvalue weighted by atomic mass is 15.2. The summed E-state index contributed by atoms with van der Waals surface area (Å²) in [6.45, 7) is 0.599. The average Bonchev–Trinajstić information content (AvgIpc) is 3.00. The average molecular weight is 290 g/mol. The molecule has 0 aliphatic heterocycles. The van der Waals surface area contributed by atoms with E-state index in [0.29, 0.717) is 18.1 Å². The highest BCUT2D eigenvalue weighted by molar-refractivity contribution is 5.57. The van der Waals surface area contributed by atoms with Crippen LogP contribution in [0.2, 0.25) is 0 Å². The molecule has 0 bridgehead atoms. The number of anilines is 1. The number of hydrogen-bond acceptors (Lipinski definition) is 5. The fourth-order valence-corrected chi connectivity index (χ4v) is 2.04. The van der Waals surface area contributed by atoms with Crippen LogP contribution in [0.5, 0.6) is 0 Å². The van der Waals surface area contributed by atoms with Crippen molar-refractivity contribution in [2.24, 2.45) is 7.05 Å². The lowest BCUT2D eigenvalue weighted by molar-refractivity contribution is 0.768. The maximum absolute atomic E-state index is 8.78. The van der Waals surface area contributed by atoms with Crippen LogP contribution in [0.1, 0.15) is 11.1 Å². The summed E-state index contributed by atoms with van der Waals surface area (Å²) in [5.41, 5.74) is 3.49. The second kappa shape index (κ2) is 6.06. The Morgan fingerprint density at radius 2 is 2.05 bits per heavy atom. The summed E-state index contributed by atoms with van der Waals surface area (Å²) in [4.78, 5) is 8.70. The third kappa shape index (κ3) is 3.10. The van der Waals surface area contributed by atoms with E-state index >= 15 is 0 Å². The number of nitriles is 1. The highest BCUT2D eigenvalue weighted by Crippen LogP contribution is 2.16. The third-order valence-electron chi connectivity index (χ3n) is 3.19. The van der Waals surface area contributed by atoms with Gasteiger partial charge in [0.05, 0.1) is 23.5 Å². The molecule has 0 aliphatic carbocycles. The van der Waals surface area contributed by atoms with E-state index in [1.807, 2.05) is 31.4 Å². The third-order valence-corrected chi connectivity index (χ3v) is 3.19. The van der Waals surface area contributed by atoms with Crippen molar-refractivity contribution in [1.82, 2.24) is 19.7 Å². The molecular weight excluding hydrogens is 276 g/mol. The molecule has 0 spiro atoms. The number of aromatic nitrogens is 4. The van der Waals surface area contributed by atoms with Crippen LogP contribution in [0, 0.1) is 11.3 Å². The second-order valence-electron chi connectivity index (χ2n) is 4.83. The summed E-state index contributed by atoms with van der Waals surface area (Å²) >= 11 is 0. The van der Waals surface area contributed by atoms with E-state index < -0.39 is 0 Å². The van der Waals surface area contributed by atoms with Gasteiger partial charge < -0.3 is 5.32 Å². The Balaban J connectivity index is 1.71. The van der Waals surface area contributed by atoms with Crippen LogP contribution >= 0.6 is 0 Å². The lowest BCUT2D eigenvalue weighted by Crippen LogP contribution is -2.03. The molecule has 6 heteroatoms. The summed E-state index contributed by atoms with van der Waals surface area (Å²) in [5, 5.41) is 16.1. The molecule has 0 radical (unpaired) electrons. The summed E-state index contributed by atoms with van der Waals surface area (Å²) in [7, 11) is 1.87. The Hall–Kier alpha value is -3.20. The summed E-state index contributed by atoms with van der Waals surface area (Å²) < 4.78 is 1.74. The topological polar surface area (TPSA) is 79.4 Å². The fraction of sp³-hybridized carbons (Fsp3) is 0.125. The molecule has 2 aromatic heterocycles. The summed E-state index contributed by atoms with van der Waals surface area (Å²) in [6, 6.07) is 11.4. The van der Waals surface area contributed by atoms with Crippen LogP contribution in [0.15, 0.2) is 48.9 Å². The quantitative estimate of drug-likeness (QED) is 0.798. The van der Waals surface area contributed by atoms with Crippen LogP contribution in [0.3, 0.4) is 0 Å². The molecule has 2 heterocycles.